The van der Waals surface area contributed by atoms with Gasteiger partial charge in [-0.15, -0.1) is 12.4 Å². The number of piperidine rings is 1. The fourth-order valence-corrected chi connectivity index (χ4v) is 3.71. The minimum Gasteiger partial charge on any atom is -0.314 e. The first-order chi connectivity index (χ1) is 8.88. The molecule has 0 bridgehead atoms. The van der Waals surface area contributed by atoms with Crippen molar-refractivity contribution in [1.82, 2.24) is 10.0 Å². The molecule has 20 heavy (non-hydrogen) atoms. The predicted molar refractivity (Wildman–Crippen MR) is 82.2 cm³/mol. The van der Waals surface area contributed by atoms with E-state index in [9.17, 15) is 12.8 Å². The minimum absolute atomic E-state index is 0. The van der Waals surface area contributed by atoms with Gasteiger partial charge in [-0.3, -0.25) is 0 Å². The second-order valence-corrected chi connectivity index (χ2v) is 7.34. The van der Waals surface area contributed by atoms with Gasteiger partial charge in [0.15, 0.2) is 0 Å². The van der Waals surface area contributed by atoms with E-state index >= 15 is 0 Å². The number of rotatable bonds is 3. The average molecular weight is 388 g/mol. The van der Waals surface area contributed by atoms with Crippen molar-refractivity contribution in [3.63, 3.8) is 0 Å². The molecular weight excluding hydrogens is 371 g/mol. The number of halogens is 3. The highest BCUT2D eigenvalue weighted by Gasteiger charge is 2.24. The van der Waals surface area contributed by atoms with E-state index in [4.69, 9.17) is 0 Å². The molecule has 0 aliphatic carbocycles. The second kappa shape index (κ2) is 7.17. The molecule has 1 aliphatic heterocycles. The maximum atomic E-state index is 13.4. The molecule has 0 radical (unpaired) electrons. The van der Waals surface area contributed by atoms with Gasteiger partial charge in [-0.05, 0) is 60.4 Å². The van der Waals surface area contributed by atoms with Crippen molar-refractivity contribution in [3.05, 3.63) is 28.5 Å². The third-order valence-electron chi connectivity index (χ3n) is 3.15. The number of hydrogen-bond acceptors (Lipinski definition) is 3. The molecule has 0 spiro atoms. The molecule has 4 nitrogen and oxygen atoms in total. The van der Waals surface area contributed by atoms with Crippen molar-refractivity contribution in [3.8, 4) is 0 Å². The van der Waals surface area contributed by atoms with Crippen molar-refractivity contribution < 1.29 is 12.8 Å². The monoisotopic (exact) mass is 386 g/mol. The first-order valence-electron chi connectivity index (χ1n) is 6.09. The molecule has 2 atom stereocenters. The van der Waals surface area contributed by atoms with E-state index in [-0.39, 0.29) is 33.9 Å². The molecule has 114 valence electrons. The summed E-state index contributed by atoms with van der Waals surface area (Å²) in [5.41, 5.74) is 0. The third kappa shape index (κ3) is 4.39. The van der Waals surface area contributed by atoms with Gasteiger partial charge in [0.05, 0.1) is 9.37 Å². The van der Waals surface area contributed by atoms with E-state index in [2.05, 4.69) is 26.0 Å². The lowest BCUT2D eigenvalue weighted by Crippen LogP contribution is -2.46. The van der Waals surface area contributed by atoms with Crippen molar-refractivity contribution in [1.29, 1.82) is 0 Å². The van der Waals surface area contributed by atoms with E-state index in [0.717, 1.165) is 25.5 Å². The summed E-state index contributed by atoms with van der Waals surface area (Å²) in [4.78, 5) is -0.0422. The van der Waals surface area contributed by atoms with Crippen LogP contribution in [0.15, 0.2) is 27.6 Å². The van der Waals surface area contributed by atoms with Crippen LogP contribution in [0.5, 0.6) is 0 Å². The molecule has 1 fully saturated rings. The van der Waals surface area contributed by atoms with Crippen LogP contribution < -0.4 is 10.0 Å². The Morgan fingerprint density at radius 3 is 2.75 bits per heavy atom. The Morgan fingerprint density at radius 2 is 2.15 bits per heavy atom. The first-order valence-corrected chi connectivity index (χ1v) is 8.37. The zero-order chi connectivity index (χ0) is 14.0. The summed E-state index contributed by atoms with van der Waals surface area (Å²) in [6.07, 6.45) is 1.47. The Morgan fingerprint density at radius 1 is 1.45 bits per heavy atom. The van der Waals surface area contributed by atoms with Crippen molar-refractivity contribution >= 4 is 38.4 Å². The van der Waals surface area contributed by atoms with E-state index in [1.54, 1.807) is 0 Å². The summed E-state index contributed by atoms with van der Waals surface area (Å²) in [5, 5.41) is 3.25. The number of sulfonamides is 1. The van der Waals surface area contributed by atoms with Crippen LogP contribution in [0.4, 0.5) is 4.39 Å². The molecule has 2 rings (SSSR count). The summed E-state index contributed by atoms with van der Waals surface area (Å²) in [6, 6.07) is 3.99. The molecule has 0 amide bonds. The van der Waals surface area contributed by atoms with Gasteiger partial charge in [0, 0.05) is 12.1 Å². The Balaban J connectivity index is 0.00000200. The molecule has 2 N–H and O–H groups in total. The molecule has 1 aromatic carbocycles. The van der Waals surface area contributed by atoms with E-state index < -0.39 is 15.8 Å². The summed E-state index contributed by atoms with van der Waals surface area (Å²) in [6.45, 7) is 2.79. The van der Waals surface area contributed by atoms with E-state index in [1.165, 1.54) is 12.1 Å². The Hall–Kier alpha value is -0.210. The molecule has 1 aromatic rings. The van der Waals surface area contributed by atoms with Crippen LogP contribution in [-0.4, -0.2) is 27.0 Å². The van der Waals surface area contributed by atoms with Gasteiger partial charge in [-0.25, -0.2) is 17.5 Å². The van der Waals surface area contributed by atoms with Crippen LogP contribution in [0.25, 0.3) is 0 Å². The standard InChI is InChI=1S/C12H16BrFN2O2S.ClH/c1-8-6-9(4-5-15-8)16-19(17,18)10-2-3-11(13)12(14)7-10;/h2-3,7-9,15-16H,4-6H2,1H3;1H. The fraction of sp³-hybridized carbons (Fsp3) is 0.500. The van der Waals surface area contributed by atoms with Crippen LogP contribution in [0.2, 0.25) is 0 Å². The lowest BCUT2D eigenvalue weighted by atomic mass is 10.0. The van der Waals surface area contributed by atoms with Gasteiger partial charge < -0.3 is 5.32 Å². The van der Waals surface area contributed by atoms with Crippen LogP contribution in [-0.2, 0) is 10.0 Å². The maximum absolute atomic E-state index is 13.4. The fourth-order valence-electron chi connectivity index (χ4n) is 2.17. The predicted octanol–water partition coefficient (Wildman–Crippen LogP) is 2.43. The summed E-state index contributed by atoms with van der Waals surface area (Å²) in [5.74, 6) is -0.582. The Kier molecular flexibility index (Phi) is 6.40. The van der Waals surface area contributed by atoms with Crippen LogP contribution in [0.3, 0.4) is 0 Å². The molecule has 2 unspecified atom stereocenters. The molecule has 1 aliphatic rings. The number of benzene rings is 1. The second-order valence-electron chi connectivity index (χ2n) is 4.77. The minimum atomic E-state index is -3.66. The van der Waals surface area contributed by atoms with Gasteiger partial charge in [0.2, 0.25) is 10.0 Å². The molecule has 0 saturated carbocycles. The Labute approximate surface area is 133 Å². The highest BCUT2D eigenvalue weighted by Crippen LogP contribution is 2.20. The number of nitrogens with one attached hydrogen (secondary N) is 2. The zero-order valence-corrected chi connectivity index (χ0v) is 14.1. The zero-order valence-electron chi connectivity index (χ0n) is 10.9. The molecule has 1 saturated heterocycles. The smallest absolute Gasteiger partial charge is 0.240 e. The summed E-state index contributed by atoms with van der Waals surface area (Å²) in [7, 11) is -3.66. The van der Waals surface area contributed by atoms with Gasteiger partial charge in [-0.2, -0.15) is 0 Å². The molecular formula is C12H17BrClFN2O2S. The molecule has 0 aromatic heterocycles. The highest BCUT2D eigenvalue weighted by molar-refractivity contribution is 9.10. The van der Waals surface area contributed by atoms with Gasteiger partial charge in [0.25, 0.3) is 0 Å². The van der Waals surface area contributed by atoms with Crippen molar-refractivity contribution in [2.45, 2.75) is 36.7 Å². The normalized spacial score (nSPS) is 23.1. The topological polar surface area (TPSA) is 58.2 Å². The lowest BCUT2D eigenvalue weighted by Gasteiger charge is -2.28. The summed E-state index contributed by atoms with van der Waals surface area (Å²) < 4.78 is 40.6. The summed E-state index contributed by atoms with van der Waals surface area (Å²) >= 11 is 3.00. The lowest BCUT2D eigenvalue weighted by molar-refractivity contribution is 0.361. The van der Waals surface area contributed by atoms with Gasteiger partial charge in [-0.1, -0.05) is 0 Å². The van der Waals surface area contributed by atoms with Gasteiger partial charge in [0.1, 0.15) is 5.82 Å². The SMILES string of the molecule is CC1CC(NS(=O)(=O)c2ccc(Br)c(F)c2)CCN1.Cl. The first kappa shape index (κ1) is 17.8. The third-order valence-corrected chi connectivity index (χ3v) is 5.31. The average Bonchev–Trinajstić information content (AvgIpc) is 2.32. The van der Waals surface area contributed by atoms with E-state index in [1.807, 2.05) is 6.92 Å². The Bertz CT molecular complexity index is 571. The number of hydrogen-bond donors (Lipinski definition) is 2. The van der Waals surface area contributed by atoms with Crippen molar-refractivity contribution in [2.24, 2.45) is 0 Å². The largest absolute Gasteiger partial charge is 0.314 e. The highest BCUT2D eigenvalue weighted by atomic mass is 79.9. The van der Waals surface area contributed by atoms with Gasteiger partial charge >= 0.3 is 0 Å². The molecule has 1 heterocycles. The maximum Gasteiger partial charge on any atom is 0.240 e. The van der Waals surface area contributed by atoms with Crippen LogP contribution in [0.1, 0.15) is 19.8 Å². The molecule has 8 heteroatoms. The van der Waals surface area contributed by atoms with Crippen LogP contribution >= 0.6 is 28.3 Å². The van der Waals surface area contributed by atoms with E-state index in [0.29, 0.717) is 0 Å². The quantitative estimate of drug-likeness (QED) is 0.837. The van der Waals surface area contributed by atoms with Crippen LogP contribution in [0, 0.1) is 5.82 Å². The van der Waals surface area contributed by atoms with Crippen molar-refractivity contribution in [2.75, 3.05) is 6.54 Å².